The predicted octanol–water partition coefficient (Wildman–Crippen LogP) is 8.17. The van der Waals surface area contributed by atoms with Crippen molar-refractivity contribution in [3.8, 4) is 43.4 Å². The number of carbonyl (C=O) groups excluding carboxylic acids is 6. The lowest BCUT2D eigenvalue weighted by Crippen LogP contribution is -2.50. The number of thiazole rings is 6. The lowest BCUT2D eigenvalue weighted by atomic mass is 9.90. The van der Waals surface area contributed by atoms with E-state index < -0.39 is 77.5 Å². The average molecular weight is 1300 g/mol. The molecule has 1 saturated heterocycles. The van der Waals surface area contributed by atoms with E-state index in [1.54, 1.807) is 72.2 Å². The molecule has 1 fully saturated rings. The lowest BCUT2D eigenvalue weighted by molar-refractivity contribution is -0.134. The monoisotopic (exact) mass is 1300 g/mol. The molecule has 10 bridgehead atoms. The molecule has 7 N–H and O–H groups in total. The Hall–Kier alpha value is -7.77. The molecular formula is C60H58N12O10S6. The van der Waals surface area contributed by atoms with Crippen molar-refractivity contribution < 1.29 is 48.5 Å². The second-order valence-electron chi connectivity index (χ2n) is 21.0. The van der Waals surface area contributed by atoms with Gasteiger partial charge >= 0.3 is 0 Å². The molecule has 22 nitrogen and oxygen atoms in total. The maximum Gasteiger partial charge on any atom is 0.271 e. The van der Waals surface area contributed by atoms with Gasteiger partial charge in [-0.2, -0.15) is 0 Å². The number of nitrogens with two attached hydrogens (primary N) is 1. The number of ether oxygens (including phenoxy) is 2. The van der Waals surface area contributed by atoms with Gasteiger partial charge in [0.2, 0.25) is 11.8 Å². The highest BCUT2D eigenvalue weighted by Gasteiger charge is 2.45. The Labute approximate surface area is 528 Å². The van der Waals surface area contributed by atoms with Gasteiger partial charge in [0.1, 0.15) is 70.9 Å². The normalized spacial score (nSPS) is 19.4. The first-order chi connectivity index (χ1) is 42.5. The molecule has 88 heavy (non-hydrogen) atoms. The molecule has 0 radical (unpaired) electrons. The number of aliphatic hydroxyl groups is 2. The first-order valence-corrected chi connectivity index (χ1v) is 33.0. The Morgan fingerprint density at radius 3 is 2.16 bits per heavy atom. The van der Waals surface area contributed by atoms with Crippen molar-refractivity contribution in [1.29, 1.82) is 0 Å². The predicted molar refractivity (Wildman–Crippen MR) is 336 cm³/mol. The highest BCUT2D eigenvalue weighted by atomic mass is 32.1. The third-order valence-corrected chi connectivity index (χ3v) is 20.5. The van der Waals surface area contributed by atoms with Crippen LogP contribution in [0.25, 0.3) is 43.4 Å². The molecule has 7 atom stereocenters. The van der Waals surface area contributed by atoms with Crippen LogP contribution in [-0.4, -0.2) is 137 Å². The summed E-state index contributed by atoms with van der Waals surface area (Å²) in [7, 11) is 1.58. The summed E-state index contributed by atoms with van der Waals surface area (Å²) in [6, 6.07) is 17.0. The molecule has 28 heteroatoms. The van der Waals surface area contributed by atoms with Gasteiger partial charge in [0.05, 0.1) is 61.2 Å². The molecule has 2 aromatic carbocycles. The van der Waals surface area contributed by atoms with Gasteiger partial charge in [-0.25, -0.2) is 34.9 Å². The lowest BCUT2D eigenvalue weighted by Gasteiger charge is -2.29. The van der Waals surface area contributed by atoms with Crippen LogP contribution in [0, 0.1) is 19.8 Å². The number of aryl methyl sites for hydroxylation is 2. The highest BCUT2D eigenvalue weighted by molar-refractivity contribution is 7.15. The third kappa shape index (κ3) is 13.7. The van der Waals surface area contributed by atoms with Gasteiger partial charge in [-0.3, -0.25) is 28.8 Å². The van der Waals surface area contributed by atoms with Gasteiger partial charge in [0.25, 0.3) is 17.7 Å². The largest absolute Gasteiger partial charge is 0.391 e. The van der Waals surface area contributed by atoms with Gasteiger partial charge in [-0.1, -0.05) is 67.1 Å². The average Bonchev–Trinajstić information content (AvgIpc) is 1.87. The number of primary amides is 1. The smallest absolute Gasteiger partial charge is 0.271 e. The molecule has 2 aliphatic heterocycles. The first kappa shape index (κ1) is 61.9. The molecule has 9 aromatic rings. The Morgan fingerprint density at radius 1 is 0.716 bits per heavy atom. The van der Waals surface area contributed by atoms with Crippen LogP contribution in [0.1, 0.15) is 122 Å². The molecular weight excluding hydrogens is 1240 g/mol. The summed E-state index contributed by atoms with van der Waals surface area (Å²) in [4.78, 5) is 121. The number of nitrogens with one attached hydrogen (secondary N) is 3. The number of methoxy groups -OCH3 is 1. The Balaban J connectivity index is 0.989. The van der Waals surface area contributed by atoms with Crippen LogP contribution >= 0.6 is 68.0 Å². The molecule has 454 valence electrons. The summed E-state index contributed by atoms with van der Waals surface area (Å²) in [5.41, 5.74) is 10.4. The zero-order valence-electron chi connectivity index (χ0n) is 47.7. The molecule has 11 rings (SSSR count). The number of fused-ring (bicyclic) bond motifs is 16. The number of pyridine rings is 1. The van der Waals surface area contributed by atoms with Crippen LogP contribution in [0.4, 0.5) is 0 Å². The topological polar surface area (TPSA) is 317 Å². The number of hydrogen-bond donors (Lipinski definition) is 6. The fourth-order valence-corrected chi connectivity index (χ4v) is 15.6. The van der Waals surface area contributed by atoms with Gasteiger partial charge in [-0.05, 0) is 37.1 Å². The number of benzene rings is 2. The van der Waals surface area contributed by atoms with E-state index in [0.717, 1.165) is 33.8 Å². The van der Waals surface area contributed by atoms with Gasteiger partial charge in [-0.15, -0.1) is 68.0 Å². The number of amides is 5. The summed E-state index contributed by atoms with van der Waals surface area (Å²) in [6.07, 6.45) is -2.81. The number of carbonyl (C=O) groups is 6. The van der Waals surface area contributed by atoms with Crippen LogP contribution in [0.15, 0.2) is 93.6 Å². The van der Waals surface area contributed by atoms with E-state index in [2.05, 4.69) is 20.9 Å². The van der Waals surface area contributed by atoms with E-state index >= 15 is 4.79 Å². The van der Waals surface area contributed by atoms with Crippen molar-refractivity contribution in [2.45, 2.75) is 76.3 Å². The molecule has 0 saturated carbocycles. The van der Waals surface area contributed by atoms with Crippen molar-refractivity contribution in [3.05, 3.63) is 153 Å². The number of aromatic nitrogens is 7. The molecule has 0 aliphatic carbocycles. The quantitative estimate of drug-likeness (QED) is 0.0559. The number of hydrogen-bond acceptors (Lipinski definition) is 23. The molecule has 0 unspecified atom stereocenters. The maximum absolute atomic E-state index is 15.2. The number of rotatable bonds is 14. The fourth-order valence-electron chi connectivity index (χ4n) is 10.2. The summed E-state index contributed by atoms with van der Waals surface area (Å²) >= 11 is 7.17. The van der Waals surface area contributed by atoms with Crippen LogP contribution in [0.2, 0.25) is 0 Å². The SMILES string of the molecule is COCCOCCNC(=O)c1csc(-c2ccc3c(n2)-c2csc(n2)-c2csc(n2)[C@@H]2[C@@H](C)[C@@H](O)CN2C(=O)[C@H](Cc2ccc(C)cc2)NC(=O)c2csc(n2)[C@H]([C@H](O)c2ccccc2)CC(=O)c2nc(sc2C)[C@H](CC(N)=O)NC(=O)c2csc-3n2)n1. The van der Waals surface area contributed by atoms with Crippen molar-refractivity contribution in [2.75, 3.05) is 40.0 Å². The Morgan fingerprint density at radius 2 is 1.39 bits per heavy atom. The summed E-state index contributed by atoms with van der Waals surface area (Å²) < 4.78 is 10.5. The van der Waals surface area contributed by atoms with E-state index in [1.807, 2.05) is 48.9 Å². The standard InChI is InChI=1S/C60H58N12O10S6/c1-29-10-12-32(13-11-29)20-38-60(80)72-23-45(74)30(2)49(72)59-70-43(28-87-59)57-66-39(24-85-57)48-34(14-15-36(63-48)56-69-40(25-86-56)51(77)62-16-17-82-19-18-81-4)54-67-41(26-83-54)52(78)64-37(22-46(61)75)58-71-47(31(3)88-58)44(73)21-35(50(76)33-8-6-5-7-9-33)55-68-42(27-84-55)53(79)65-38/h5-15,24-28,30,35,37-38,45,49-50,74,76H,16-23H2,1-4H3,(H2,61,75)(H,62,77)(H,64,78)(H,65,79)/t30-,35-,37-,38-,45-,49-,50+/m0/s1. The van der Waals surface area contributed by atoms with E-state index in [1.165, 1.54) is 50.7 Å². The first-order valence-electron chi connectivity index (χ1n) is 27.8. The minimum absolute atomic E-state index is 0.00109. The minimum Gasteiger partial charge on any atom is -0.391 e. The summed E-state index contributed by atoms with van der Waals surface area (Å²) in [6.45, 7) is 6.81. The van der Waals surface area contributed by atoms with E-state index in [4.69, 9.17) is 45.1 Å². The Kier molecular flexibility index (Phi) is 19.2. The van der Waals surface area contributed by atoms with E-state index in [9.17, 15) is 34.2 Å². The fraction of sp³-hybridized carbons (Fsp3) is 0.317. The summed E-state index contributed by atoms with van der Waals surface area (Å²) in [5, 5.41) is 43.0. The number of ketones is 1. The summed E-state index contributed by atoms with van der Waals surface area (Å²) in [5.74, 6) is -4.87. The molecule has 7 aromatic heterocycles. The van der Waals surface area contributed by atoms with Crippen molar-refractivity contribution in [3.63, 3.8) is 0 Å². The van der Waals surface area contributed by atoms with E-state index in [0.29, 0.717) is 72.0 Å². The second kappa shape index (κ2) is 27.3. The number of nitrogens with zero attached hydrogens (tertiary/aromatic N) is 8. The second-order valence-corrected chi connectivity index (χ2v) is 26.6. The van der Waals surface area contributed by atoms with Gasteiger partial charge in [0.15, 0.2) is 5.78 Å². The van der Waals surface area contributed by atoms with Crippen molar-refractivity contribution in [2.24, 2.45) is 11.7 Å². The van der Waals surface area contributed by atoms with Crippen LogP contribution in [0.3, 0.4) is 0 Å². The molecule has 5 amide bonds. The van der Waals surface area contributed by atoms with Gasteiger partial charge < -0.3 is 46.3 Å². The number of Topliss-reactive ketones (excluding diaryl/α,β-unsaturated/α-hetero) is 1. The van der Waals surface area contributed by atoms with Crippen molar-refractivity contribution in [1.82, 2.24) is 55.7 Å². The molecule has 9 heterocycles. The number of aliphatic hydroxyl groups excluding tert-OH is 2. The zero-order valence-corrected chi connectivity index (χ0v) is 52.6. The van der Waals surface area contributed by atoms with Gasteiger partial charge in [0, 0.05) is 82.2 Å². The van der Waals surface area contributed by atoms with Crippen LogP contribution in [-0.2, 0) is 25.5 Å². The zero-order chi connectivity index (χ0) is 61.8. The highest BCUT2D eigenvalue weighted by Crippen LogP contribution is 2.43. The Bertz CT molecular complexity index is 4030. The van der Waals surface area contributed by atoms with Crippen LogP contribution in [0.5, 0.6) is 0 Å². The van der Waals surface area contributed by atoms with Crippen molar-refractivity contribution >= 4 is 103 Å². The molecule has 2 aliphatic rings. The molecule has 0 spiro atoms. The van der Waals surface area contributed by atoms with E-state index in [-0.39, 0.29) is 71.7 Å². The van der Waals surface area contributed by atoms with Crippen LogP contribution < -0.4 is 21.7 Å². The minimum atomic E-state index is -1.28. The maximum atomic E-state index is 15.2. The third-order valence-electron chi connectivity index (χ3n) is 14.9.